The number of benzene rings is 5. The summed E-state index contributed by atoms with van der Waals surface area (Å²) in [7, 11) is 3.32. The van der Waals surface area contributed by atoms with Crippen LogP contribution in [-0.4, -0.2) is 78.1 Å². The summed E-state index contributed by atoms with van der Waals surface area (Å²) in [6.07, 6.45) is 1.73. The van der Waals surface area contributed by atoms with Gasteiger partial charge in [-0.25, -0.2) is 0 Å². The average Bonchev–Trinajstić information content (AvgIpc) is 3.29. The van der Waals surface area contributed by atoms with Gasteiger partial charge in [-0.3, -0.25) is 4.79 Å². The number of ether oxygens (including phenoxy) is 1. The minimum Gasteiger partial charge on any atom is -0.508 e. The average molecular weight is 933 g/mol. The highest BCUT2D eigenvalue weighted by Crippen LogP contribution is 2.61. The number of hydrogen-bond donors (Lipinski definition) is 8. The van der Waals surface area contributed by atoms with E-state index in [1.165, 1.54) is 6.07 Å². The Morgan fingerprint density at radius 1 is 0.864 bits per heavy atom. The maximum absolute atomic E-state index is 15.0. The molecule has 66 heavy (non-hydrogen) atoms. The number of hydrogen-bond acceptors (Lipinski definition) is 13. The molecule has 346 valence electrons. The fourth-order valence-corrected chi connectivity index (χ4v) is 14.4. The summed E-state index contributed by atoms with van der Waals surface area (Å²) < 4.78 is 13.4. The van der Waals surface area contributed by atoms with Crippen LogP contribution in [0.5, 0.6) is 28.7 Å². The number of rotatable bonds is 10. The maximum atomic E-state index is 15.0. The molecule has 0 amide bonds. The number of phenols is 3. The van der Waals surface area contributed by atoms with E-state index in [9.17, 15) is 40.9 Å². The molecule has 13 heteroatoms. The van der Waals surface area contributed by atoms with E-state index in [0.717, 1.165) is 57.2 Å². The van der Waals surface area contributed by atoms with E-state index in [-0.39, 0.29) is 94.4 Å². The summed E-state index contributed by atoms with van der Waals surface area (Å²) in [5, 5.41) is 92.9. The van der Waals surface area contributed by atoms with Crippen LogP contribution >= 0.6 is 21.6 Å². The molecule has 0 spiro atoms. The van der Waals surface area contributed by atoms with Crippen LogP contribution in [0.15, 0.2) is 69.9 Å². The van der Waals surface area contributed by atoms with Crippen molar-refractivity contribution in [1.82, 2.24) is 0 Å². The monoisotopic (exact) mass is 932 g/mol. The van der Waals surface area contributed by atoms with Gasteiger partial charge in [0.1, 0.15) is 40.1 Å². The summed E-state index contributed by atoms with van der Waals surface area (Å²) in [5.41, 5.74) is 5.92. The van der Waals surface area contributed by atoms with Gasteiger partial charge in [-0.1, -0.05) is 59.7 Å². The summed E-state index contributed by atoms with van der Waals surface area (Å²) in [6, 6.07) is 17.7. The van der Waals surface area contributed by atoms with Crippen LogP contribution in [0.3, 0.4) is 0 Å². The molecule has 1 aromatic heterocycles. The topological polar surface area (TPSA) is 201 Å². The molecule has 0 saturated carbocycles. The zero-order valence-electron chi connectivity index (χ0n) is 37.0. The molecule has 3 bridgehead atoms. The molecule has 3 heterocycles. The minimum atomic E-state index is -1.00. The third kappa shape index (κ3) is 7.69. The summed E-state index contributed by atoms with van der Waals surface area (Å²) in [6.45, 7) is 4.03. The number of fused-ring (bicyclic) bond motifs is 7. The molecule has 1 saturated heterocycles. The molecule has 8 N–H and O–H groups in total. The van der Waals surface area contributed by atoms with Crippen molar-refractivity contribution in [2.24, 2.45) is 11.8 Å². The van der Waals surface area contributed by atoms with Crippen molar-refractivity contribution in [3.63, 3.8) is 0 Å². The third-order valence-electron chi connectivity index (χ3n) is 14.4. The van der Waals surface area contributed by atoms with E-state index < -0.39 is 35.4 Å². The predicted octanol–water partition coefficient (Wildman–Crippen LogP) is 9.49. The lowest BCUT2D eigenvalue weighted by atomic mass is 9.65. The normalized spacial score (nSPS) is 23.4. The molecule has 5 aromatic carbocycles. The predicted molar refractivity (Wildman–Crippen MR) is 259 cm³/mol. The van der Waals surface area contributed by atoms with Gasteiger partial charge in [-0.2, -0.15) is 0 Å². The number of aromatic hydroxyl groups is 4. The van der Waals surface area contributed by atoms with Crippen molar-refractivity contribution in [3.05, 3.63) is 110 Å². The van der Waals surface area contributed by atoms with Crippen LogP contribution < -0.4 is 10.2 Å². The van der Waals surface area contributed by atoms with Crippen molar-refractivity contribution in [2.45, 2.75) is 107 Å². The van der Waals surface area contributed by atoms with Crippen molar-refractivity contribution < 1.29 is 50.0 Å². The largest absolute Gasteiger partial charge is 0.508 e. The molecule has 10 rings (SSSR count). The number of phenolic OH excluding ortho intramolecular Hbond substituents is 3. The first-order valence-corrected chi connectivity index (χ1v) is 25.6. The van der Waals surface area contributed by atoms with Crippen LogP contribution in [0.1, 0.15) is 108 Å². The van der Waals surface area contributed by atoms with Crippen molar-refractivity contribution in [1.29, 1.82) is 0 Å². The fourth-order valence-electron chi connectivity index (χ4n) is 11.5. The van der Waals surface area contributed by atoms with Gasteiger partial charge >= 0.3 is 0 Å². The van der Waals surface area contributed by atoms with Gasteiger partial charge in [0.05, 0.1) is 23.0 Å². The Balaban J connectivity index is 1.25. The quantitative estimate of drug-likeness (QED) is 0.0605. The minimum absolute atomic E-state index is 0.0408. The van der Waals surface area contributed by atoms with Crippen molar-refractivity contribution in [2.75, 3.05) is 19.0 Å². The smallest absolute Gasteiger partial charge is 0.238 e. The Morgan fingerprint density at radius 3 is 2.45 bits per heavy atom. The first kappa shape index (κ1) is 44.9. The SMILES string of the molecule is CC(C)Cc1cc(-c2oc3cc(O)c4c(c3c(=O)c2O)O[C@@H]2C[C@@H]3c5c-4cc4c6c(ccc(c56)[C@H](SSCCC[C@@H]2O)[C@H]3O)C[C@H](CCCO)[C@@H]4CCO)cc(Cc2cccc(O)c2)c1O. The highest BCUT2D eigenvalue weighted by atomic mass is 33.1. The molecule has 2 aliphatic heterocycles. The molecular formula is C53H56O11S2. The van der Waals surface area contributed by atoms with E-state index in [4.69, 9.17) is 9.15 Å². The van der Waals surface area contributed by atoms with E-state index in [0.29, 0.717) is 54.4 Å². The molecule has 0 radical (unpaired) electrons. The molecule has 11 nitrogen and oxygen atoms in total. The van der Waals surface area contributed by atoms with Gasteiger partial charge in [0.15, 0.2) is 5.76 Å². The molecule has 4 aliphatic rings. The number of aliphatic hydroxyl groups is 4. The van der Waals surface area contributed by atoms with Gasteiger partial charge in [0.2, 0.25) is 11.2 Å². The second kappa shape index (κ2) is 18.0. The second-order valence-corrected chi connectivity index (χ2v) is 21.8. The van der Waals surface area contributed by atoms with Crippen molar-refractivity contribution >= 4 is 43.3 Å². The molecule has 7 atom stereocenters. The summed E-state index contributed by atoms with van der Waals surface area (Å²) >= 11 is 0. The summed E-state index contributed by atoms with van der Waals surface area (Å²) in [5.74, 6) is -0.693. The second-order valence-electron chi connectivity index (χ2n) is 19.1. The highest BCUT2D eigenvalue weighted by Gasteiger charge is 2.46. The van der Waals surface area contributed by atoms with E-state index >= 15 is 4.79 Å². The van der Waals surface area contributed by atoms with Crippen LogP contribution in [0, 0.1) is 11.8 Å². The third-order valence-corrected chi connectivity index (χ3v) is 17.3. The Hall–Kier alpha value is -4.89. The maximum Gasteiger partial charge on any atom is 0.238 e. The summed E-state index contributed by atoms with van der Waals surface area (Å²) in [4.78, 5) is 15.0. The van der Waals surface area contributed by atoms with Gasteiger partial charge in [0, 0.05) is 42.9 Å². The van der Waals surface area contributed by atoms with E-state index in [1.807, 2.05) is 26.0 Å². The van der Waals surface area contributed by atoms with Crippen LogP contribution in [0.25, 0.3) is 44.2 Å². The Morgan fingerprint density at radius 2 is 1.68 bits per heavy atom. The molecule has 1 fully saturated rings. The Labute approximate surface area is 390 Å². The number of aliphatic hydroxyl groups excluding tert-OH is 4. The Kier molecular flexibility index (Phi) is 12.2. The van der Waals surface area contributed by atoms with Gasteiger partial charge in [-0.15, -0.1) is 0 Å². The van der Waals surface area contributed by atoms with Gasteiger partial charge in [0.25, 0.3) is 0 Å². The van der Waals surface area contributed by atoms with Crippen molar-refractivity contribution in [3.8, 4) is 51.2 Å². The first-order valence-electron chi connectivity index (χ1n) is 23.2. The van der Waals surface area contributed by atoms with E-state index in [1.54, 1.807) is 51.9 Å². The molecule has 2 aliphatic carbocycles. The van der Waals surface area contributed by atoms with Crippen LogP contribution in [-0.2, 0) is 19.3 Å². The van der Waals surface area contributed by atoms with Crippen LogP contribution in [0.2, 0.25) is 0 Å². The lowest BCUT2D eigenvalue weighted by molar-refractivity contribution is 0.00975. The lowest BCUT2D eigenvalue weighted by Crippen LogP contribution is -2.39. The van der Waals surface area contributed by atoms with Crippen LogP contribution in [0.4, 0.5) is 0 Å². The van der Waals surface area contributed by atoms with Gasteiger partial charge < -0.3 is 50.0 Å². The first-order chi connectivity index (χ1) is 31.9. The zero-order valence-corrected chi connectivity index (χ0v) is 38.6. The Bertz CT molecular complexity index is 2930. The lowest BCUT2D eigenvalue weighted by Gasteiger charge is -2.43. The fraction of sp³-hybridized carbons (Fsp3) is 0.415. The molecular weight excluding hydrogens is 877 g/mol. The molecule has 6 aromatic rings. The highest BCUT2D eigenvalue weighted by molar-refractivity contribution is 8.76. The van der Waals surface area contributed by atoms with E-state index in [2.05, 4.69) is 12.1 Å². The zero-order chi connectivity index (χ0) is 46.1. The van der Waals surface area contributed by atoms with Gasteiger partial charge in [-0.05, 0) is 155 Å². The standard InChI is InChI=1S/C53H56O11S2/c1-25(2)16-29-20-31(21-30(47(29)59)17-26-6-3-8-32(56)18-26)51-50(62)49(61)46-41(64-51)24-39(58)44-36-22-35-33(12-14-55)27(7-4-13-54)19-28-10-11-34-45(42(28)35)43(36)37-23-40(63-52(44)46)38(57)9-5-15-65-66-53(34)48(37)60/h3,6,8,10-11,18,20-22,24-25,27,33,37-38,40,48,53-60,62H,4-5,7,9,12-17,19,23H2,1-2H3/t27-,33-,37+,38-,40+,48-,53-/m0/s1. The molecule has 0 unspecified atom stereocenters.